The highest BCUT2D eigenvalue weighted by molar-refractivity contribution is 6.32. The van der Waals surface area contributed by atoms with Crippen molar-refractivity contribution in [1.29, 1.82) is 0 Å². The number of imidazole rings is 1. The van der Waals surface area contributed by atoms with Crippen molar-refractivity contribution in [3.63, 3.8) is 0 Å². The molecule has 0 saturated carbocycles. The van der Waals surface area contributed by atoms with Crippen LogP contribution < -0.4 is 4.90 Å². The lowest BCUT2D eigenvalue weighted by molar-refractivity contribution is -0.137. The van der Waals surface area contributed by atoms with Gasteiger partial charge in [0.2, 0.25) is 5.95 Å². The quantitative estimate of drug-likeness (QED) is 0.146. The van der Waals surface area contributed by atoms with Crippen LogP contribution in [0.5, 0.6) is 0 Å². The molecule has 12 heteroatoms. The summed E-state index contributed by atoms with van der Waals surface area (Å²) in [6.45, 7) is 17.4. The van der Waals surface area contributed by atoms with Gasteiger partial charge in [0, 0.05) is 66.4 Å². The van der Waals surface area contributed by atoms with Crippen LogP contribution in [0.1, 0.15) is 87.4 Å². The number of amides is 1. The number of carbonyl (C=O) groups excluding carboxylic acids is 1. The van der Waals surface area contributed by atoms with Gasteiger partial charge in [-0.2, -0.15) is 5.10 Å². The zero-order valence-corrected chi connectivity index (χ0v) is 31.7. The zero-order valence-electron chi connectivity index (χ0n) is 30.9. The molecule has 1 spiro atoms. The van der Waals surface area contributed by atoms with E-state index in [1.165, 1.54) is 0 Å². The summed E-state index contributed by atoms with van der Waals surface area (Å²) in [5, 5.41) is 14.4. The van der Waals surface area contributed by atoms with Gasteiger partial charge in [0.25, 0.3) is 0 Å². The number of rotatable bonds is 12. The number of carboxylic acids is 1. The predicted octanol–water partition coefficient (Wildman–Crippen LogP) is 8.46. The van der Waals surface area contributed by atoms with E-state index >= 15 is 0 Å². The third kappa shape index (κ3) is 7.73. The number of anilines is 1. The van der Waals surface area contributed by atoms with Crippen LogP contribution in [0, 0.1) is 38.9 Å². The van der Waals surface area contributed by atoms with E-state index in [2.05, 4.69) is 21.1 Å². The molecule has 2 saturated heterocycles. The molecule has 2 aliphatic rings. The third-order valence-electron chi connectivity index (χ3n) is 10.1. The minimum Gasteiger partial charge on any atom is -0.481 e. The Morgan fingerprint density at radius 2 is 1.61 bits per heavy atom. The minimum absolute atomic E-state index is 0.00598. The van der Waals surface area contributed by atoms with Crippen LogP contribution in [0.15, 0.2) is 24.3 Å². The van der Waals surface area contributed by atoms with Crippen LogP contribution in [0.4, 0.5) is 15.1 Å². The standard InChI is InChI=1S/C39H50ClFN6O4/c1-24-15-28(16-25(2)34(24)41)19-46-31-18-29(40)17-30(33-26(3)43-47(27(33)4)14-12-10-8-9-11-13-32(48)49)35(31)42-36(46)44-20-39(21-44)22-45(23-39)37(50)51-38(5,6)7/h15-18H,8-14,19-23H2,1-7H3,(H,48,49). The molecule has 0 unspecified atom stereocenters. The Bertz CT molecular complexity index is 1940. The number of hydrogen-bond donors (Lipinski definition) is 1. The average molecular weight is 721 g/mol. The number of nitrogens with zero attached hydrogens (tertiary/aromatic N) is 6. The van der Waals surface area contributed by atoms with E-state index in [4.69, 9.17) is 31.5 Å². The molecule has 0 atom stereocenters. The summed E-state index contributed by atoms with van der Waals surface area (Å²) in [6, 6.07) is 7.73. The summed E-state index contributed by atoms with van der Waals surface area (Å²) in [5.74, 6) is -0.109. The second kappa shape index (κ2) is 14.1. The molecular weight excluding hydrogens is 671 g/mol. The molecule has 6 rings (SSSR count). The molecule has 2 aliphatic heterocycles. The second-order valence-corrected chi connectivity index (χ2v) is 16.2. The SMILES string of the molecule is Cc1cc(Cn2c(N3CC4(CN(C(=O)OC(C)(C)C)C4)C3)nc3c(-c4c(C)nn(CCCCCCCC(=O)O)c4C)cc(Cl)cc32)cc(C)c1F. The smallest absolute Gasteiger partial charge is 0.410 e. The number of unbranched alkanes of at least 4 members (excludes halogenated alkanes) is 4. The first-order valence-corrected chi connectivity index (χ1v) is 18.4. The van der Waals surface area contributed by atoms with E-state index in [0.29, 0.717) is 42.2 Å². The van der Waals surface area contributed by atoms with Gasteiger partial charge in [-0.1, -0.05) is 43.0 Å². The van der Waals surface area contributed by atoms with Crippen LogP contribution in [-0.2, 0) is 22.6 Å². The Kier molecular flexibility index (Phi) is 10.2. The van der Waals surface area contributed by atoms with E-state index in [1.807, 2.05) is 52.0 Å². The van der Waals surface area contributed by atoms with Gasteiger partial charge in [-0.25, -0.2) is 14.2 Å². The van der Waals surface area contributed by atoms with Gasteiger partial charge in [-0.15, -0.1) is 0 Å². The molecular formula is C39H50ClFN6O4. The molecule has 4 heterocycles. The fourth-order valence-corrected chi connectivity index (χ4v) is 7.98. The molecule has 2 aromatic heterocycles. The maximum atomic E-state index is 14.7. The van der Waals surface area contributed by atoms with E-state index < -0.39 is 11.6 Å². The highest BCUT2D eigenvalue weighted by Gasteiger charge is 2.55. The van der Waals surface area contributed by atoms with Gasteiger partial charge >= 0.3 is 12.1 Å². The molecule has 0 radical (unpaired) electrons. The Morgan fingerprint density at radius 1 is 0.961 bits per heavy atom. The molecule has 2 fully saturated rings. The van der Waals surface area contributed by atoms with Crippen molar-refractivity contribution in [2.75, 3.05) is 31.1 Å². The van der Waals surface area contributed by atoms with Crippen molar-refractivity contribution in [3.05, 3.63) is 63.2 Å². The Labute approximate surface area is 304 Å². The number of aliphatic carboxylic acids is 1. The van der Waals surface area contributed by atoms with Crippen molar-refractivity contribution in [2.24, 2.45) is 5.41 Å². The molecule has 0 aliphatic carbocycles. The Balaban J connectivity index is 1.29. The predicted molar refractivity (Wildman–Crippen MR) is 198 cm³/mol. The van der Waals surface area contributed by atoms with Crippen LogP contribution >= 0.6 is 11.6 Å². The Hall–Kier alpha value is -4.12. The summed E-state index contributed by atoms with van der Waals surface area (Å²) in [7, 11) is 0. The van der Waals surface area contributed by atoms with Crippen molar-refractivity contribution in [3.8, 4) is 11.1 Å². The van der Waals surface area contributed by atoms with Crippen LogP contribution in [0.25, 0.3) is 22.2 Å². The topological polar surface area (TPSA) is 106 Å². The fourth-order valence-electron chi connectivity index (χ4n) is 7.77. The lowest BCUT2D eigenvalue weighted by Crippen LogP contribution is -2.73. The monoisotopic (exact) mass is 720 g/mol. The van der Waals surface area contributed by atoms with Gasteiger partial charge in [0.05, 0.1) is 23.3 Å². The maximum Gasteiger partial charge on any atom is 0.410 e. The number of carboxylic acid groups (broad SMARTS) is 1. The normalized spacial score (nSPS) is 15.4. The number of fused-ring (bicyclic) bond motifs is 1. The van der Waals surface area contributed by atoms with Gasteiger partial charge < -0.3 is 24.2 Å². The molecule has 4 aromatic rings. The number of benzene rings is 2. The molecule has 1 amide bonds. The number of halogens is 2. The van der Waals surface area contributed by atoms with Gasteiger partial charge in [0.15, 0.2) is 0 Å². The van der Waals surface area contributed by atoms with Gasteiger partial charge in [-0.05, 0) is 90.1 Å². The molecule has 2 aromatic carbocycles. The minimum atomic E-state index is -0.739. The lowest BCUT2D eigenvalue weighted by atomic mass is 9.73. The van der Waals surface area contributed by atoms with Crippen LogP contribution in [-0.4, -0.2) is 73.2 Å². The third-order valence-corrected chi connectivity index (χ3v) is 10.3. The first kappa shape index (κ1) is 36.7. The van der Waals surface area contributed by atoms with E-state index in [9.17, 15) is 14.0 Å². The van der Waals surface area contributed by atoms with Crippen LogP contribution in [0.2, 0.25) is 5.02 Å². The summed E-state index contributed by atoms with van der Waals surface area (Å²) in [6.07, 6.45) is 4.54. The zero-order chi connectivity index (χ0) is 36.8. The second-order valence-electron chi connectivity index (χ2n) is 15.7. The highest BCUT2D eigenvalue weighted by atomic mass is 35.5. The number of likely N-dealkylation sites (tertiary alicyclic amines) is 1. The number of aryl methyl sites for hydroxylation is 4. The number of carbonyl (C=O) groups is 2. The largest absolute Gasteiger partial charge is 0.481 e. The van der Waals surface area contributed by atoms with Gasteiger partial charge in [-0.3, -0.25) is 9.48 Å². The molecule has 1 N–H and O–H groups in total. The molecule has 51 heavy (non-hydrogen) atoms. The summed E-state index contributed by atoms with van der Waals surface area (Å²) in [5.41, 5.74) is 7.25. The van der Waals surface area contributed by atoms with E-state index in [0.717, 1.165) is 90.4 Å². The number of ether oxygens (including phenoxy) is 1. The number of aromatic nitrogens is 4. The molecule has 10 nitrogen and oxygen atoms in total. The summed E-state index contributed by atoms with van der Waals surface area (Å²) in [4.78, 5) is 32.8. The van der Waals surface area contributed by atoms with Crippen molar-refractivity contribution < 1.29 is 23.8 Å². The average Bonchev–Trinajstić information content (AvgIpc) is 3.47. The first-order valence-electron chi connectivity index (χ1n) is 18.0. The molecule has 0 bridgehead atoms. The maximum absolute atomic E-state index is 14.7. The lowest BCUT2D eigenvalue weighted by Gasteiger charge is -2.59. The van der Waals surface area contributed by atoms with Crippen molar-refractivity contribution in [2.45, 2.75) is 106 Å². The number of hydrogen-bond acceptors (Lipinski definition) is 6. The van der Waals surface area contributed by atoms with Crippen LogP contribution in [0.3, 0.4) is 0 Å². The van der Waals surface area contributed by atoms with Gasteiger partial charge in [0.1, 0.15) is 11.4 Å². The van der Waals surface area contributed by atoms with Crippen molar-refractivity contribution in [1.82, 2.24) is 24.2 Å². The van der Waals surface area contributed by atoms with E-state index in [1.54, 1.807) is 18.7 Å². The molecule has 274 valence electrons. The highest BCUT2D eigenvalue weighted by Crippen LogP contribution is 2.44. The first-order chi connectivity index (χ1) is 24.0. The summed E-state index contributed by atoms with van der Waals surface area (Å²) < 4.78 is 24.5. The fraction of sp³-hybridized carbons (Fsp3) is 0.538. The summed E-state index contributed by atoms with van der Waals surface area (Å²) >= 11 is 6.88. The van der Waals surface area contributed by atoms with Crippen molar-refractivity contribution >= 4 is 40.6 Å². The van der Waals surface area contributed by atoms with E-state index in [-0.39, 0.29) is 23.7 Å². The Morgan fingerprint density at radius 3 is 2.25 bits per heavy atom.